The van der Waals surface area contributed by atoms with Crippen molar-refractivity contribution in [1.82, 2.24) is 4.90 Å². The molecule has 2 unspecified atom stereocenters. The third-order valence-corrected chi connectivity index (χ3v) is 3.83. The average molecular weight is 238 g/mol. The lowest BCUT2D eigenvalue weighted by Gasteiger charge is -2.34. The van der Waals surface area contributed by atoms with Crippen molar-refractivity contribution in [2.24, 2.45) is 11.3 Å². The molecule has 0 aromatic carbocycles. The number of β-amino-alcohol motifs (C(OH)–C–C–N with tert-alkyl or cyclic N) is 1. The van der Waals surface area contributed by atoms with Gasteiger partial charge >= 0.3 is 0 Å². The molecule has 17 heavy (non-hydrogen) atoms. The second-order valence-electron chi connectivity index (χ2n) is 6.09. The minimum Gasteiger partial charge on any atom is -0.392 e. The van der Waals surface area contributed by atoms with E-state index in [1.807, 2.05) is 13.8 Å². The Balaban J connectivity index is 2.14. The van der Waals surface area contributed by atoms with E-state index in [2.05, 4.69) is 17.9 Å². The molecule has 0 radical (unpaired) electrons. The molecule has 0 aliphatic carbocycles. The third kappa shape index (κ3) is 5.06. The van der Waals surface area contributed by atoms with Crippen LogP contribution in [0.25, 0.3) is 0 Å². The number of nitrogens with zero attached hydrogens (tertiary/aromatic N) is 2. The molecule has 1 aliphatic rings. The predicted octanol–water partition coefficient (Wildman–Crippen LogP) is 2.41. The molecule has 1 aliphatic heterocycles. The van der Waals surface area contributed by atoms with E-state index < -0.39 is 0 Å². The van der Waals surface area contributed by atoms with Crippen molar-refractivity contribution in [2.75, 3.05) is 19.6 Å². The van der Waals surface area contributed by atoms with Gasteiger partial charge in [0.05, 0.1) is 17.6 Å². The van der Waals surface area contributed by atoms with Crippen LogP contribution in [0.4, 0.5) is 0 Å². The largest absolute Gasteiger partial charge is 0.392 e. The van der Waals surface area contributed by atoms with Crippen molar-refractivity contribution in [3.05, 3.63) is 0 Å². The van der Waals surface area contributed by atoms with Gasteiger partial charge in [-0.1, -0.05) is 13.3 Å². The summed E-state index contributed by atoms with van der Waals surface area (Å²) in [6, 6.07) is 2.34. The Morgan fingerprint density at radius 3 is 2.71 bits per heavy atom. The highest BCUT2D eigenvalue weighted by atomic mass is 16.3. The standard InChI is InChI=1S/C14H26N2O/c1-12-6-9-16(10-13(12)17)8-5-4-7-14(2,3)11-15/h12-13,17H,4-10H2,1-3H3. The molecule has 1 saturated heterocycles. The van der Waals surface area contributed by atoms with Gasteiger partial charge in [-0.25, -0.2) is 0 Å². The van der Waals surface area contributed by atoms with Crippen LogP contribution in [0.2, 0.25) is 0 Å². The fourth-order valence-electron chi connectivity index (χ4n) is 2.28. The fraction of sp³-hybridized carbons (Fsp3) is 0.929. The minimum absolute atomic E-state index is 0.153. The zero-order valence-corrected chi connectivity index (χ0v) is 11.4. The highest BCUT2D eigenvalue weighted by molar-refractivity contribution is 4.91. The SMILES string of the molecule is CC1CCN(CCCCC(C)(C)C#N)CC1O. The molecule has 0 bridgehead atoms. The number of aliphatic hydroxyl groups excluding tert-OH is 1. The van der Waals surface area contributed by atoms with Gasteiger partial charge in [-0.2, -0.15) is 5.26 Å². The molecule has 0 amide bonds. The molecule has 2 atom stereocenters. The summed E-state index contributed by atoms with van der Waals surface area (Å²) >= 11 is 0. The van der Waals surface area contributed by atoms with Gasteiger partial charge in [0.1, 0.15) is 0 Å². The number of nitriles is 1. The Bertz CT molecular complexity index is 270. The van der Waals surface area contributed by atoms with Crippen LogP contribution < -0.4 is 0 Å². The quantitative estimate of drug-likeness (QED) is 0.748. The number of hydrogen-bond acceptors (Lipinski definition) is 3. The van der Waals surface area contributed by atoms with E-state index in [-0.39, 0.29) is 11.5 Å². The maximum Gasteiger partial charge on any atom is 0.0693 e. The van der Waals surface area contributed by atoms with E-state index in [1.54, 1.807) is 0 Å². The molecular weight excluding hydrogens is 212 g/mol. The molecule has 3 heteroatoms. The average Bonchev–Trinajstić information content (AvgIpc) is 2.29. The molecular formula is C14H26N2O. The van der Waals surface area contributed by atoms with Gasteiger partial charge in [0.15, 0.2) is 0 Å². The zero-order valence-electron chi connectivity index (χ0n) is 11.4. The van der Waals surface area contributed by atoms with Gasteiger partial charge in [0.25, 0.3) is 0 Å². The van der Waals surface area contributed by atoms with Crippen molar-refractivity contribution >= 4 is 0 Å². The van der Waals surface area contributed by atoms with E-state index in [0.29, 0.717) is 5.92 Å². The first kappa shape index (κ1) is 14.5. The molecule has 3 nitrogen and oxygen atoms in total. The topological polar surface area (TPSA) is 47.3 Å². The summed E-state index contributed by atoms with van der Waals surface area (Å²) in [5, 5.41) is 18.7. The van der Waals surface area contributed by atoms with Crippen molar-refractivity contribution in [1.29, 1.82) is 5.26 Å². The van der Waals surface area contributed by atoms with E-state index in [9.17, 15) is 5.11 Å². The fourth-order valence-corrected chi connectivity index (χ4v) is 2.28. The number of unbranched alkanes of at least 4 members (excludes halogenated alkanes) is 1. The summed E-state index contributed by atoms with van der Waals surface area (Å²) in [4.78, 5) is 2.35. The molecule has 1 heterocycles. The van der Waals surface area contributed by atoms with Gasteiger partial charge in [0.2, 0.25) is 0 Å². The van der Waals surface area contributed by atoms with Crippen LogP contribution in [0.1, 0.15) is 46.5 Å². The Morgan fingerprint density at radius 1 is 1.41 bits per heavy atom. The number of rotatable bonds is 5. The lowest BCUT2D eigenvalue weighted by Crippen LogP contribution is -2.43. The summed E-state index contributed by atoms with van der Waals surface area (Å²) in [7, 11) is 0. The second kappa shape index (κ2) is 6.37. The van der Waals surface area contributed by atoms with Gasteiger partial charge < -0.3 is 10.0 Å². The van der Waals surface area contributed by atoms with Crippen LogP contribution >= 0.6 is 0 Å². The van der Waals surface area contributed by atoms with E-state index in [1.165, 1.54) is 0 Å². The summed E-state index contributed by atoms with van der Waals surface area (Å²) < 4.78 is 0. The van der Waals surface area contributed by atoms with Crippen molar-refractivity contribution in [2.45, 2.75) is 52.6 Å². The van der Waals surface area contributed by atoms with Crippen LogP contribution in [-0.2, 0) is 0 Å². The summed E-state index contributed by atoms with van der Waals surface area (Å²) in [5.74, 6) is 0.448. The van der Waals surface area contributed by atoms with Crippen LogP contribution in [0, 0.1) is 22.7 Å². The first-order valence-electron chi connectivity index (χ1n) is 6.76. The lowest BCUT2D eigenvalue weighted by atomic mass is 9.89. The van der Waals surface area contributed by atoms with Crippen molar-refractivity contribution in [3.63, 3.8) is 0 Å². The molecule has 0 aromatic heterocycles. The molecule has 98 valence electrons. The molecule has 0 aromatic rings. The van der Waals surface area contributed by atoms with E-state index in [0.717, 1.165) is 45.3 Å². The zero-order chi connectivity index (χ0) is 12.9. The summed E-state index contributed by atoms with van der Waals surface area (Å²) in [6.45, 7) is 9.12. The lowest BCUT2D eigenvalue weighted by molar-refractivity contribution is 0.0284. The van der Waals surface area contributed by atoms with Gasteiger partial charge in [0, 0.05) is 6.54 Å². The Morgan fingerprint density at radius 2 is 2.12 bits per heavy atom. The monoisotopic (exact) mass is 238 g/mol. The Hall–Kier alpha value is -0.590. The van der Waals surface area contributed by atoms with E-state index >= 15 is 0 Å². The van der Waals surface area contributed by atoms with Crippen LogP contribution in [0.15, 0.2) is 0 Å². The maximum atomic E-state index is 9.79. The number of likely N-dealkylation sites (tertiary alicyclic amines) is 1. The smallest absolute Gasteiger partial charge is 0.0693 e. The van der Waals surface area contributed by atoms with Gasteiger partial charge in [-0.15, -0.1) is 0 Å². The summed E-state index contributed by atoms with van der Waals surface area (Å²) in [6.07, 6.45) is 4.15. The minimum atomic E-state index is -0.185. The molecule has 0 saturated carbocycles. The maximum absolute atomic E-state index is 9.79. The first-order valence-corrected chi connectivity index (χ1v) is 6.76. The number of aliphatic hydroxyl groups is 1. The number of piperidine rings is 1. The Labute approximate surface area is 105 Å². The third-order valence-electron chi connectivity index (χ3n) is 3.83. The first-order chi connectivity index (χ1) is 7.94. The van der Waals surface area contributed by atoms with Gasteiger partial charge in [-0.3, -0.25) is 0 Å². The summed E-state index contributed by atoms with van der Waals surface area (Å²) in [5.41, 5.74) is -0.185. The Kier molecular flexibility index (Phi) is 5.42. The molecule has 0 spiro atoms. The van der Waals surface area contributed by atoms with Crippen molar-refractivity contribution in [3.8, 4) is 6.07 Å². The normalized spacial score (nSPS) is 26.8. The number of hydrogen-bond donors (Lipinski definition) is 1. The van der Waals surface area contributed by atoms with Crippen LogP contribution in [-0.4, -0.2) is 35.7 Å². The highest BCUT2D eigenvalue weighted by Gasteiger charge is 2.23. The molecule has 1 N–H and O–H groups in total. The van der Waals surface area contributed by atoms with Gasteiger partial charge in [-0.05, 0) is 52.1 Å². The second-order valence-corrected chi connectivity index (χ2v) is 6.09. The van der Waals surface area contributed by atoms with E-state index in [4.69, 9.17) is 5.26 Å². The van der Waals surface area contributed by atoms with Crippen molar-refractivity contribution < 1.29 is 5.11 Å². The van der Waals surface area contributed by atoms with Crippen LogP contribution in [0.5, 0.6) is 0 Å². The highest BCUT2D eigenvalue weighted by Crippen LogP contribution is 2.22. The van der Waals surface area contributed by atoms with Crippen LogP contribution in [0.3, 0.4) is 0 Å². The molecule has 1 rings (SSSR count). The molecule has 1 fully saturated rings. The predicted molar refractivity (Wildman–Crippen MR) is 69.5 cm³/mol.